The molecule has 0 saturated carbocycles. The molecule has 6 nitrogen and oxygen atoms in total. The van der Waals surface area contributed by atoms with E-state index in [2.05, 4.69) is 17.2 Å². The van der Waals surface area contributed by atoms with E-state index in [0.717, 1.165) is 25.0 Å². The van der Waals surface area contributed by atoms with Crippen LogP contribution in [0.4, 0.5) is 11.4 Å². The summed E-state index contributed by atoms with van der Waals surface area (Å²) in [5.41, 5.74) is 0.792. The number of benzene rings is 1. The summed E-state index contributed by atoms with van der Waals surface area (Å²) >= 11 is 0. The Balaban J connectivity index is 1.78. The molecule has 0 bridgehead atoms. The van der Waals surface area contributed by atoms with Crippen molar-refractivity contribution >= 4 is 17.3 Å². The van der Waals surface area contributed by atoms with E-state index < -0.39 is 0 Å². The Morgan fingerprint density at radius 3 is 1.88 bits per heavy atom. The quantitative estimate of drug-likeness (QED) is 0.158. The van der Waals surface area contributed by atoms with Crippen LogP contribution in [0, 0.1) is 0 Å². The third-order valence-corrected chi connectivity index (χ3v) is 5.19. The first-order chi connectivity index (χ1) is 16.1. The standard InChI is InChI=1S/C27H36N2O4/c1-3-5-6-7-8-9-10-11-12-13-27(31)33-26-21-17-23(16-20-25(26)30)29-28-22-14-18-24(19-15-22)32-4-2/h14-21H,3-13H2,1-2H3. The summed E-state index contributed by atoms with van der Waals surface area (Å²) < 4.78 is 10.7. The minimum atomic E-state index is -0.376. The van der Waals surface area contributed by atoms with Crippen LogP contribution in [0.25, 0.3) is 0 Å². The minimum Gasteiger partial charge on any atom is -0.494 e. The molecule has 0 aliphatic rings. The van der Waals surface area contributed by atoms with E-state index in [4.69, 9.17) is 9.47 Å². The Morgan fingerprint density at radius 1 is 0.727 bits per heavy atom. The molecule has 0 unspecified atom stereocenters. The van der Waals surface area contributed by atoms with E-state index in [1.165, 1.54) is 50.7 Å². The summed E-state index contributed by atoms with van der Waals surface area (Å²) in [5, 5.41) is 8.33. The highest BCUT2D eigenvalue weighted by atomic mass is 16.5. The average Bonchev–Trinajstić information content (AvgIpc) is 2.99. The first-order valence-corrected chi connectivity index (χ1v) is 12.1. The number of ether oxygens (including phenoxy) is 2. The lowest BCUT2D eigenvalue weighted by Crippen LogP contribution is -2.12. The van der Waals surface area contributed by atoms with Gasteiger partial charge in [0.05, 0.1) is 18.0 Å². The molecule has 0 aliphatic carbocycles. The molecule has 0 saturated heterocycles. The Bertz CT molecular complexity index is 926. The zero-order chi connectivity index (χ0) is 23.7. The van der Waals surface area contributed by atoms with Crippen LogP contribution >= 0.6 is 0 Å². The monoisotopic (exact) mass is 452 g/mol. The van der Waals surface area contributed by atoms with E-state index in [9.17, 15) is 9.59 Å². The highest BCUT2D eigenvalue weighted by Crippen LogP contribution is 2.21. The molecule has 0 spiro atoms. The van der Waals surface area contributed by atoms with Crippen molar-refractivity contribution in [3.8, 4) is 11.5 Å². The number of carbonyl (C=O) groups excluding carboxylic acids is 1. The molecule has 0 aromatic heterocycles. The maximum Gasteiger partial charge on any atom is 0.311 e. The fraction of sp³-hybridized carbons (Fsp3) is 0.481. The Labute approximate surface area is 197 Å². The molecule has 2 aromatic carbocycles. The molecule has 0 radical (unpaired) electrons. The minimum absolute atomic E-state index is 0.0124. The summed E-state index contributed by atoms with van der Waals surface area (Å²) in [6, 6.07) is 13.2. The third kappa shape index (κ3) is 10.9. The van der Waals surface area contributed by atoms with Crippen molar-refractivity contribution in [1.29, 1.82) is 0 Å². The average molecular weight is 453 g/mol. The van der Waals surface area contributed by atoms with E-state index in [0.29, 0.717) is 24.4 Å². The van der Waals surface area contributed by atoms with E-state index in [-0.39, 0.29) is 17.1 Å². The van der Waals surface area contributed by atoms with Gasteiger partial charge in [-0.3, -0.25) is 9.59 Å². The highest BCUT2D eigenvalue weighted by molar-refractivity contribution is 5.72. The molecular weight excluding hydrogens is 416 g/mol. The van der Waals surface area contributed by atoms with E-state index in [1.54, 1.807) is 24.3 Å². The second-order valence-corrected chi connectivity index (χ2v) is 8.00. The van der Waals surface area contributed by atoms with Gasteiger partial charge in [-0.25, -0.2) is 0 Å². The van der Waals surface area contributed by atoms with Gasteiger partial charge in [-0.05, 0) is 61.9 Å². The number of hydrogen-bond acceptors (Lipinski definition) is 6. The Hall–Kier alpha value is -3.02. The maximum atomic E-state index is 12.2. The fourth-order valence-corrected chi connectivity index (χ4v) is 3.34. The molecular formula is C27H36N2O4. The molecule has 0 heterocycles. The van der Waals surface area contributed by atoms with Crippen LogP contribution in [0.1, 0.15) is 78.1 Å². The van der Waals surface area contributed by atoms with Gasteiger partial charge in [0.25, 0.3) is 0 Å². The number of carbonyl (C=O) groups is 1. The number of azo groups is 1. The predicted molar refractivity (Wildman–Crippen MR) is 132 cm³/mol. The lowest BCUT2D eigenvalue weighted by molar-refractivity contribution is -0.134. The number of hydrogen-bond donors (Lipinski definition) is 0. The van der Waals surface area contributed by atoms with Gasteiger partial charge in [-0.2, -0.15) is 10.2 Å². The number of unbranched alkanes of at least 4 members (excludes halogenated alkanes) is 8. The molecule has 0 fully saturated rings. The number of esters is 1. The lowest BCUT2D eigenvalue weighted by atomic mass is 10.1. The normalized spacial score (nSPS) is 11.0. The molecule has 33 heavy (non-hydrogen) atoms. The van der Waals surface area contributed by atoms with Crippen molar-refractivity contribution in [2.24, 2.45) is 10.2 Å². The number of rotatable bonds is 15. The first kappa shape index (κ1) is 26.2. The molecule has 6 heteroatoms. The maximum absolute atomic E-state index is 12.2. The van der Waals surface area contributed by atoms with Crippen LogP contribution in [0.5, 0.6) is 11.5 Å². The van der Waals surface area contributed by atoms with Crippen LogP contribution in [-0.2, 0) is 4.79 Å². The van der Waals surface area contributed by atoms with Crippen LogP contribution in [0.15, 0.2) is 63.6 Å². The van der Waals surface area contributed by atoms with Crippen molar-refractivity contribution in [2.45, 2.75) is 78.1 Å². The summed E-state index contributed by atoms with van der Waals surface area (Å²) in [6.07, 6.45) is 10.9. The first-order valence-electron chi connectivity index (χ1n) is 12.1. The largest absolute Gasteiger partial charge is 0.494 e. The van der Waals surface area contributed by atoms with Gasteiger partial charge in [-0.15, -0.1) is 0 Å². The second kappa shape index (κ2) is 15.7. The van der Waals surface area contributed by atoms with Crippen molar-refractivity contribution in [3.05, 3.63) is 58.8 Å². The molecule has 2 aromatic rings. The summed E-state index contributed by atoms with van der Waals surface area (Å²) in [4.78, 5) is 24.4. The van der Waals surface area contributed by atoms with Crippen molar-refractivity contribution < 1.29 is 14.3 Å². The number of nitrogens with zero attached hydrogens (tertiary/aromatic N) is 2. The summed E-state index contributed by atoms with van der Waals surface area (Å²) in [6.45, 7) is 4.75. The second-order valence-electron chi connectivity index (χ2n) is 8.00. The van der Waals surface area contributed by atoms with E-state index >= 15 is 0 Å². The van der Waals surface area contributed by atoms with Crippen molar-refractivity contribution in [1.82, 2.24) is 0 Å². The fourth-order valence-electron chi connectivity index (χ4n) is 3.34. The lowest BCUT2D eigenvalue weighted by Gasteiger charge is -2.03. The van der Waals surface area contributed by atoms with Crippen LogP contribution in [-0.4, -0.2) is 12.6 Å². The smallest absolute Gasteiger partial charge is 0.311 e. The van der Waals surface area contributed by atoms with Crippen molar-refractivity contribution in [2.75, 3.05) is 6.61 Å². The molecule has 0 atom stereocenters. The summed E-state index contributed by atoms with van der Waals surface area (Å²) in [7, 11) is 0. The third-order valence-electron chi connectivity index (χ3n) is 5.19. The highest BCUT2D eigenvalue weighted by Gasteiger charge is 2.07. The van der Waals surface area contributed by atoms with Crippen molar-refractivity contribution in [3.63, 3.8) is 0 Å². The van der Waals surface area contributed by atoms with Gasteiger partial charge in [0.15, 0.2) is 5.75 Å². The van der Waals surface area contributed by atoms with Gasteiger partial charge in [0.1, 0.15) is 5.75 Å². The van der Waals surface area contributed by atoms with Gasteiger partial charge in [-0.1, -0.05) is 58.3 Å². The van der Waals surface area contributed by atoms with Crippen LogP contribution < -0.4 is 14.9 Å². The van der Waals surface area contributed by atoms with Gasteiger partial charge < -0.3 is 9.47 Å². The Kier molecular flexibility index (Phi) is 12.5. The zero-order valence-corrected chi connectivity index (χ0v) is 19.9. The molecule has 178 valence electrons. The predicted octanol–water partition coefficient (Wildman–Crippen LogP) is 7.69. The molecule has 2 rings (SSSR count). The SMILES string of the molecule is CCCCCCCCCCCC(=O)Oc1ccc(N=Nc2ccc(OCC)cc2)ccc1=O. The summed E-state index contributed by atoms with van der Waals surface area (Å²) in [5.74, 6) is 0.407. The van der Waals surface area contributed by atoms with Gasteiger partial charge in [0, 0.05) is 6.42 Å². The van der Waals surface area contributed by atoms with E-state index in [1.807, 2.05) is 19.1 Å². The topological polar surface area (TPSA) is 77.3 Å². The van der Waals surface area contributed by atoms with Gasteiger partial charge in [0.2, 0.25) is 5.43 Å². The molecule has 0 amide bonds. The Morgan fingerprint density at radius 2 is 1.27 bits per heavy atom. The zero-order valence-electron chi connectivity index (χ0n) is 19.9. The van der Waals surface area contributed by atoms with Crippen LogP contribution in [0.3, 0.4) is 0 Å². The molecule has 0 N–H and O–H groups in total. The van der Waals surface area contributed by atoms with Gasteiger partial charge >= 0.3 is 5.97 Å². The molecule has 0 aliphatic heterocycles. The van der Waals surface area contributed by atoms with Crippen LogP contribution in [0.2, 0.25) is 0 Å².